The molecule has 0 radical (unpaired) electrons. The van der Waals surface area contributed by atoms with Crippen LogP contribution in [0.3, 0.4) is 0 Å². The standard InChI is InChI=1S/C8H15NO2/c1-8(2,3)9-5-4-6-11-7(9)10/h4-6H2,1-3H3. The molecule has 0 spiro atoms. The van der Waals surface area contributed by atoms with E-state index >= 15 is 0 Å². The summed E-state index contributed by atoms with van der Waals surface area (Å²) in [6, 6.07) is 0. The highest BCUT2D eigenvalue weighted by molar-refractivity contribution is 5.69. The SMILES string of the molecule is CC(C)(C)N1CCCOC1=O. The number of nitrogens with zero attached hydrogens (tertiary/aromatic N) is 1. The second-order valence-corrected chi connectivity index (χ2v) is 3.79. The van der Waals surface area contributed by atoms with E-state index in [4.69, 9.17) is 4.74 Å². The zero-order valence-corrected chi connectivity index (χ0v) is 7.39. The van der Waals surface area contributed by atoms with Crippen molar-refractivity contribution in [3.05, 3.63) is 0 Å². The molecular weight excluding hydrogens is 142 g/mol. The van der Waals surface area contributed by atoms with Gasteiger partial charge in [0.05, 0.1) is 6.61 Å². The second-order valence-electron chi connectivity index (χ2n) is 3.79. The van der Waals surface area contributed by atoms with Crippen LogP contribution >= 0.6 is 0 Å². The van der Waals surface area contributed by atoms with E-state index < -0.39 is 0 Å². The third-order valence-corrected chi connectivity index (χ3v) is 1.78. The molecule has 1 amide bonds. The van der Waals surface area contributed by atoms with Crippen molar-refractivity contribution in [3.8, 4) is 0 Å². The summed E-state index contributed by atoms with van der Waals surface area (Å²) in [5, 5.41) is 0. The zero-order chi connectivity index (χ0) is 8.48. The first-order valence-electron chi connectivity index (χ1n) is 3.96. The number of hydrogen-bond donors (Lipinski definition) is 0. The number of carbonyl (C=O) groups is 1. The molecule has 1 heterocycles. The summed E-state index contributed by atoms with van der Waals surface area (Å²) < 4.78 is 4.90. The van der Waals surface area contributed by atoms with Crippen molar-refractivity contribution in [2.75, 3.05) is 13.2 Å². The summed E-state index contributed by atoms with van der Waals surface area (Å²) in [5.41, 5.74) is -0.0997. The van der Waals surface area contributed by atoms with Gasteiger partial charge in [0.15, 0.2) is 0 Å². The van der Waals surface area contributed by atoms with E-state index in [0.29, 0.717) is 6.61 Å². The van der Waals surface area contributed by atoms with Crippen LogP contribution in [0.5, 0.6) is 0 Å². The number of cyclic esters (lactones) is 1. The normalized spacial score (nSPS) is 19.9. The fraction of sp³-hybridized carbons (Fsp3) is 0.875. The first-order valence-corrected chi connectivity index (χ1v) is 3.96. The van der Waals surface area contributed by atoms with Gasteiger partial charge >= 0.3 is 6.09 Å². The van der Waals surface area contributed by atoms with Crippen LogP contribution in [0, 0.1) is 0 Å². The van der Waals surface area contributed by atoms with Crippen molar-refractivity contribution >= 4 is 6.09 Å². The molecule has 0 aromatic heterocycles. The fourth-order valence-electron chi connectivity index (χ4n) is 1.16. The predicted octanol–water partition coefficient (Wildman–Crippen LogP) is 1.63. The molecule has 1 aliphatic heterocycles. The average Bonchev–Trinajstić information content (AvgIpc) is 1.86. The lowest BCUT2D eigenvalue weighted by molar-refractivity contribution is 0.0371. The predicted molar refractivity (Wildman–Crippen MR) is 42.4 cm³/mol. The quantitative estimate of drug-likeness (QED) is 0.535. The summed E-state index contributed by atoms with van der Waals surface area (Å²) >= 11 is 0. The van der Waals surface area contributed by atoms with Crippen LogP contribution in [0.25, 0.3) is 0 Å². The molecule has 1 aliphatic rings. The van der Waals surface area contributed by atoms with Crippen molar-refractivity contribution in [3.63, 3.8) is 0 Å². The highest BCUT2D eigenvalue weighted by Crippen LogP contribution is 2.17. The molecule has 0 saturated carbocycles. The van der Waals surface area contributed by atoms with Gasteiger partial charge in [0.1, 0.15) is 0 Å². The molecule has 1 rings (SSSR count). The number of rotatable bonds is 0. The van der Waals surface area contributed by atoms with Crippen LogP contribution in [-0.2, 0) is 4.74 Å². The molecule has 0 aliphatic carbocycles. The van der Waals surface area contributed by atoms with Crippen LogP contribution < -0.4 is 0 Å². The van der Waals surface area contributed by atoms with E-state index in [9.17, 15) is 4.79 Å². The van der Waals surface area contributed by atoms with Crippen molar-refractivity contribution in [2.45, 2.75) is 32.7 Å². The minimum Gasteiger partial charge on any atom is -0.449 e. The van der Waals surface area contributed by atoms with Gasteiger partial charge in [-0.05, 0) is 27.2 Å². The van der Waals surface area contributed by atoms with E-state index in [1.807, 2.05) is 20.8 Å². The Morgan fingerprint density at radius 1 is 1.45 bits per heavy atom. The first-order chi connectivity index (χ1) is 5.02. The molecule has 3 nitrogen and oxygen atoms in total. The molecular formula is C8H15NO2. The van der Waals surface area contributed by atoms with Crippen molar-refractivity contribution in [1.29, 1.82) is 0 Å². The molecule has 64 valence electrons. The maximum absolute atomic E-state index is 11.1. The van der Waals surface area contributed by atoms with E-state index in [0.717, 1.165) is 13.0 Å². The average molecular weight is 157 g/mol. The Hall–Kier alpha value is -0.730. The number of hydrogen-bond acceptors (Lipinski definition) is 2. The Morgan fingerprint density at radius 2 is 2.09 bits per heavy atom. The lowest BCUT2D eigenvalue weighted by Gasteiger charge is -2.37. The van der Waals surface area contributed by atoms with Gasteiger partial charge in [-0.3, -0.25) is 0 Å². The topological polar surface area (TPSA) is 29.5 Å². The second kappa shape index (κ2) is 2.72. The maximum Gasteiger partial charge on any atom is 0.410 e. The Morgan fingerprint density at radius 3 is 2.45 bits per heavy atom. The van der Waals surface area contributed by atoms with Gasteiger partial charge in [0, 0.05) is 12.1 Å². The van der Waals surface area contributed by atoms with E-state index in [1.165, 1.54) is 0 Å². The highest BCUT2D eigenvalue weighted by Gasteiger charge is 2.29. The zero-order valence-electron chi connectivity index (χ0n) is 7.39. The highest BCUT2D eigenvalue weighted by atomic mass is 16.6. The molecule has 0 bridgehead atoms. The van der Waals surface area contributed by atoms with Gasteiger partial charge in [0.25, 0.3) is 0 Å². The number of carbonyl (C=O) groups excluding carboxylic acids is 1. The summed E-state index contributed by atoms with van der Waals surface area (Å²) in [4.78, 5) is 12.9. The first kappa shape index (κ1) is 8.37. The molecule has 0 aromatic carbocycles. The smallest absolute Gasteiger partial charge is 0.410 e. The van der Waals surface area contributed by atoms with Gasteiger partial charge in [-0.1, -0.05) is 0 Å². The lowest BCUT2D eigenvalue weighted by atomic mass is 10.1. The monoisotopic (exact) mass is 157 g/mol. The van der Waals surface area contributed by atoms with E-state index in [2.05, 4.69) is 0 Å². The number of ether oxygens (including phenoxy) is 1. The molecule has 0 aromatic rings. The molecule has 1 saturated heterocycles. The molecule has 0 atom stereocenters. The van der Waals surface area contributed by atoms with E-state index in [-0.39, 0.29) is 11.6 Å². The molecule has 1 fully saturated rings. The molecule has 0 unspecified atom stereocenters. The third-order valence-electron chi connectivity index (χ3n) is 1.78. The molecule has 11 heavy (non-hydrogen) atoms. The minimum atomic E-state index is -0.177. The van der Waals surface area contributed by atoms with Crippen LogP contribution in [0.2, 0.25) is 0 Å². The van der Waals surface area contributed by atoms with Crippen LogP contribution in [0.15, 0.2) is 0 Å². The van der Waals surface area contributed by atoms with Crippen molar-refractivity contribution < 1.29 is 9.53 Å². The molecule has 3 heteroatoms. The minimum absolute atomic E-state index is 0.0997. The Bertz CT molecular complexity index is 160. The lowest BCUT2D eigenvalue weighted by Crippen LogP contribution is -2.49. The van der Waals surface area contributed by atoms with Gasteiger partial charge < -0.3 is 9.64 Å². The number of amides is 1. The van der Waals surface area contributed by atoms with Crippen LogP contribution in [0.1, 0.15) is 27.2 Å². The summed E-state index contributed by atoms with van der Waals surface area (Å²) in [6.07, 6.45) is 0.770. The largest absolute Gasteiger partial charge is 0.449 e. The Kier molecular flexibility index (Phi) is 2.07. The van der Waals surface area contributed by atoms with Gasteiger partial charge in [-0.2, -0.15) is 0 Å². The summed E-state index contributed by atoms with van der Waals surface area (Å²) in [7, 11) is 0. The summed E-state index contributed by atoms with van der Waals surface area (Å²) in [5.74, 6) is 0. The Balaban J connectivity index is 2.62. The van der Waals surface area contributed by atoms with Crippen molar-refractivity contribution in [1.82, 2.24) is 4.90 Å². The van der Waals surface area contributed by atoms with Crippen LogP contribution in [-0.4, -0.2) is 29.7 Å². The Labute approximate surface area is 67.3 Å². The van der Waals surface area contributed by atoms with Gasteiger partial charge in [-0.15, -0.1) is 0 Å². The van der Waals surface area contributed by atoms with Crippen molar-refractivity contribution in [2.24, 2.45) is 0 Å². The van der Waals surface area contributed by atoms with Gasteiger partial charge in [0.2, 0.25) is 0 Å². The maximum atomic E-state index is 11.1. The summed E-state index contributed by atoms with van der Waals surface area (Å²) in [6.45, 7) is 7.44. The third kappa shape index (κ3) is 1.85. The van der Waals surface area contributed by atoms with Crippen LogP contribution in [0.4, 0.5) is 4.79 Å². The van der Waals surface area contributed by atoms with Gasteiger partial charge in [-0.25, -0.2) is 4.79 Å². The molecule has 0 N–H and O–H groups in total. The van der Waals surface area contributed by atoms with E-state index in [1.54, 1.807) is 4.90 Å². The fourth-order valence-corrected chi connectivity index (χ4v) is 1.16.